The molecule has 140 valence electrons. The molecule has 0 radical (unpaired) electrons. The monoisotopic (exact) mass is 357 g/mol. The van der Waals surface area contributed by atoms with Gasteiger partial charge in [-0.15, -0.1) is 0 Å². The summed E-state index contributed by atoms with van der Waals surface area (Å²) in [6.45, 7) is 2.31. The molecule has 0 bridgehead atoms. The molecule has 2 N–H and O–H groups in total. The summed E-state index contributed by atoms with van der Waals surface area (Å²) >= 11 is 0. The van der Waals surface area contributed by atoms with Gasteiger partial charge < -0.3 is 20.3 Å². The van der Waals surface area contributed by atoms with Crippen molar-refractivity contribution >= 4 is 11.9 Å². The predicted molar refractivity (Wildman–Crippen MR) is 103 cm³/mol. The number of benzene rings is 1. The topological polar surface area (TPSA) is 79.4 Å². The Morgan fingerprint density at radius 1 is 1.15 bits per heavy atom. The van der Waals surface area contributed by atoms with E-state index in [4.69, 9.17) is 4.74 Å². The molecule has 0 saturated heterocycles. The van der Waals surface area contributed by atoms with Crippen molar-refractivity contribution in [2.24, 2.45) is 0 Å². The third kappa shape index (κ3) is 6.33. The van der Waals surface area contributed by atoms with Crippen LogP contribution in [0.15, 0.2) is 36.7 Å². The molecule has 0 unspecified atom stereocenters. The molecule has 1 amide bonds. The molecule has 2 rings (SSSR count). The Morgan fingerprint density at radius 3 is 2.58 bits per heavy atom. The summed E-state index contributed by atoms with van der Waals surface area (Å²) in [6, 6.07) is 7.78. The van der Waals surface area contributed by atoms with Gasteiger partial charge in [-0.2, -0.15) is 0 Å². The molecular weight excluding hydrogens is 330 g/mol. The first-order chi connectivity index (χ1) is 12.6. The normalized spacial score (nSPS) is 10.6. The fraction of sp³-hybridized carbons (Fsp3) is 0.421. The minimum absolute atomic E-state index is 0.181. The van der Waals surface area contributed by atoms with E-state index < -0.39 is 0 Å². The van der Waals surface area contributed by atoms with Gasteiger partial charge in [-0.3, -0.25) is 4.79 Å². The van der Waals surface area contributed by atoms with Crippen LogP contribution in [0.5, 0.6) is 5.75 Å². The Morgan fingerprint density at radius 2 is 1.88 bits per heavy atom. The first kappa shape index (κ1) is 19.7. The molecular formula is C19H27N5O2. The lowest BCUT2D eigenvalue weighted by atomic mass is 10.1. The summed E-state index contributed by atoms with van der Waals surface area (Å²) < 4.78 is 5.31. The molecule has 0 atom stereocenters. The van der Waals surface area contributed by atoms with E-state index in [1.165, 1.54) is 0 Å². The van der Waals surface area contributed by atoms with Crippen LogP contribution in [0.3, 0.4) is 0 Å². The van der Waals surface area contributed by atoms with Crippen LogP contribution in [-0.2, 0) is 6.42 Å². The van der Waals surface area contributed by atoms with E-state index in [-0.39, 0.29) is 5.91 Å². The number of ether oxygens (including phenoxy) is 1. The van der Waals surface area contributed by atoms with Gasteiger partial charge in [-0.1, -0.05) is 18.2 Å². The Bertz CT molecular complexity index is 689. The first-order valence-corrected chi connectivity index (χ1v) is 8.71. The minimum atomic E-state index is -0.181. The van der Waals surface area contributed by atoms with Gasteiger partial charge in [0.25, 0.3) is 5.91 Å². The molecule has 0 fully saturated rings. The zero-order chi connectivity index (χ0) is 18.8. The van der Waals surface area contributed by atoms with Crippen molar-refractivity contribution in [3.05, 3.63) is 47.8 Å². The van der Waals surface area contributed by atoms with E-state index in [1.54, 1.807) is 19.5 Å². The highest BCUT2D eigenvalue weighted by Gasteiger charge is 2.08. The second kappa shape index (κ2) is 10.4. The third-order valence-electron chi connectivity index (χ3n) is 3.85. The van der Waals surface area contributed by atoms with Gasteiger partial charge in [-0.05, 0) is 45.1 Å². The Labute approximate surface area is 154 Å². The van der Waals surface area contributed by atoms with E-state index in [2.05, 4.69) is 25.5 Å². The van der Waals surface area contributed by atoms with Gasteiger partial charge >= 0.3 is 0 Å². The number of nitrogens with zero attached hydrogens (tertiary/aromatic N) is 3. The molecule has 0 aliphatic rings. The summed E-state index contributed by atoms with van der Waals surface area (Å²) in [6.07, 6.45) is 4.78. The van der Waals surface area contributed by atoms with Gasteiger partial charge in [0.2, 0.25) is 5.95 Å². The Kier molecular flexibility index (Phi) is 7.82. The van der Waals surface area contributed by atoms with Crippen LogP contribution in [0.1, 0.15) is 22.3 Å². The van der Waals surface area contributed by atoms with Gasteiger partial charge in [-0.25, -0.2) is 9.97 Å². The zero-order valence-corrected chi connectivity index (χ0v) is 15.7. The first-order valence-electron chi connectivity index (χ1n) is 8.71. The standard InChI is InChI=1S/C19H27N5O2/c1-24(2)12-6-10-21-19-22-13-16(14-23-19)18(25)20-11-9-15-7-4-5-8-17(15)26-3/h4-5,7-8,13-14H,6,9-12H2,1-3H3,(H,20,25)(H,21,22,23). The summed E-state index contributed by atoms with van der Waals surface area (Å²) in [4.78, 5) is 22.7. The number of para-hydroxylation sites is 1. The van der Waals surface area contributed by atoms with Crippen molar-refractivity contribution in [1.82, 2.24) is 20.2 Å². The highest BCUT2D eigenvalue weighted by atomic mass is 16.5. The van der Waals surface area contributed by atoms with Crippen LogP contribution in [-0.4, -0.2) is 61.6 Å². The van der Waals surface area contributed by atoms with Crippen LogP contribution in [0.4, 0.5) is 5.95 Å². The average molecular weight is 357 g/mol. The molecule has 0 aliphatic carbocycles. The summed E-state index contributed by atoms with van der Waals surface area (Å²) in [5, 5.41) is 6.03. The smallest absolute Gasteiger partial charge is 0.254 e. The van der Waals surface area contributed by atoms with Crippen LogP contribution in [0.25, 0.3) is 0 Å². The van der Waals surface area contributed by atoms with Crippen molar-refractivity contribution in [2.45, 2.75) is 12.8 Å². The zero-order valence-electron chi connectivity index (χ0n) is 15.7. The summed E-state index contributed by atoms with van der Waals surface area (Å²) in [5.41, 5.74) is 1.51. The Hall–Kier alpha value is -2.67. The molecule has 7 heteroatoms. The molecule has 1 aromatic heterocycles. The van der Waals surface area contributed by atoms with Gasteiger partial charge in [0.1, 0.15) is 5.75 Å². The fourth-order valence-electron chi connectivity index (χ4n) is 2.45. The van der Waals surface area contributed by atoms with Crippen molar-refractivity contribution in [3.8, 4) is 5.75 Å². The van der Waals surface area contributed by atoms with Crippen molar-refractivity contribution in [2.75, 3.05) is 46.2 Å². The third-order valence-corrected chi connectivity index (χ3v) is 3.85. The summed E-state index contributed by atoms with van der Waals surface area (Å²) in [5.74, 6) is 1.18. The number of methoxy groups -OCH3 is 1. The van der Waals surface area contributed by atoms with Crippen LogP contribution in [0.2, 0.25) is 0 Å². The van der Waals surface area contributed by atoms with Gasteiger partial charge in [0.15, 0.2) is 0 Å². The number of carbonyl (C=O) groups excluding carboxylic acids is 1. The lowest BCUT2D eigenvalue weighted by Crippen LogP contribution is -2.26. The summed E-state index contributed by atoms with van der Waals surface area (Å²) in [7, 11) is 5.72. The number of aromatic nitrogens is 2. The largest absolute Gasteiger partial charge is 0.496 e. The molecule has 2 aromatic rings. The molecule has 0 saturated carbocycles. The second-order valence-electron chi connectivity index (χ2n) is 6.20. The van der Waals surface area contributed by atoms with Crippen LogP contribution < -0.4 is 15.4 Å². The number of hydrogen-bond donors (Lipinski definition) is 2. The maximum Gasteiger partial charge on any atom is 0.254 e. The molecule has 1 heterocycles. The lowest BCUT2D eigenvalue weighted by molar-refractivity contribution is 0.0953. The molecule has 1 aromatic carbocycles. The van der Waals surface area contributed by atoms with Gasteiger partial charge in [0, 0.05) is 25.5 Å². The second-order valence-corrected chi connectivity index (χ2v) is 6.20. The molecule has 0 aliphatic heterocycles. The highest BCUT2D eigenvalue weighted by molar-refractivity contribution is 5.93. The number of amides is 1. The van der Waals surface area contributed by atoms with Crippen LogP contribution in [0, 0.1) is 0 Å². The van der Waals surface area contributed by atoms with E-state index in [0.717, 1.165) is 30.8 Å². The van der Waals surface area contributed by atoms with Crippen molar-refractivity contribution < 1.29 is 9.53 Å². The molecule has 0 spiro atoms. The molecule has 26 heavy (non-hydrogen) atoms. The maximum atomic E-state index is 12.2. The van der Waals surface area contributed by atoms with Crippen molar-refractivity contribution in [3.63, 3.8) is 0 Å². The molecule has 7 nitrogen and oxygen atoms in total. The number of nitrogens with one attached hydrogen (secondary N) is 2. The quantitative estimate of drug-likeness (QED) is 0.632. The number of rotatable bonds is 10. The van der Waals surface area contributed by atoms with E-state index in [0.29, 0.717) is 24.5 Å². The average Bonchev–Trinajstić information content (AvgIpc) is 2.66. The van der Waals surface area contributed by atoms with E-state index in [9.17, 15) is 4.79 Å². The van der Waals surface area contributed by atoms with Gasteiger partial charge in [0.05, 0.1) is 12.7 Å². The lowest BCUT2D eigenvalue weighted by Gasteiger charge is -2.10. The predicted octanol–water partition coefficient (Wildman–Crippen LogP) is 1.82. The SMILES string of the molecule is COc1ccccc1CCNC(=O)c1cnc(NCCCN(C)C)nc1. The fourth-order valence-corrected chi connectivity index (χ4v) is 2.45. The van der Waals surface area contributed by atoms with E-state index in [1.807, 2.05) is 38.4 Å². The number of carbonyl (C=O) groups is 1. The van der Waals surface area contributed by atoms with E-state index >= 15 is 0 Å². The maximum absolute atomic E-state index is 12.2. The Balaban J connectivity index is 1.77. The highest BCUT2D eigenvalue weighted by Crippen LogP contribution is 2.17. The number of anilines is 1. The van der Waals surface area contributed by atoms with Crippen molar-refractivity contribution in [1.29, 1.82) is 0 Å². The number of hydrogen-bond acceptors (Lipinski definition) is 6. The van der Waals surface area contributed by atoms with Crippen LogP contribution >= 0.6 is 0 Å². The minimum Gasteiger partial charge on any atom is -0.496 e.